The van der Waals surface area contributed by atoms with Gasteiger partial charge in [-0.25, -0.2) is 0 Å². The Morgan fingerprint density at radius 3 is 2.35 bits per heavy atom. The van der Waals surface area contributed by atoms with Gasteiger partial charge in [0.25, 0.3) is 0 Å². The number of amides is 1. The van der Waals surface area contributed by atoms with Gasteiger partial charge in [0.1, 0.15) is 0 Å². The van der Waals surface area contributed by atoms with Gasteiger partial charge >= 0.3 is 0 Å². The second-order valence-corrected chi connectivity index (χ2v) is 5.52. The number of nitrogens with zero attached hydrogens (tertiary/aromatic N) is 2. The molecular formula is C18H21N3O2. The number of pyridine rings is 1. The molecular weight excluding hydrogens is 290 g/mol. The summed E-state index contributed by atoms with van der Waals surface area (Å²) in [4.78, 5) is 29.2. The van der Waals surface area contributed by atoms with Gasteiger partial charge in [0.2, 0.25) is 5.91 Å². The van der Waals surface area contributed by atoms with Gasteiger partial charge in [-0.15, -0.1) is 0 Å². The molecule has 0 spiro atoms. The van der Waals surface area contributed by atoms with Gasteiger partial charge in [0.05, 0.1) is 6.54 Å². The Bertz CT molecular complexity index is 654. The van der Waals surface area contributed by atoms with Crippen molar-refractivity contribution in [3.63, 3.8) is 0 Å². The summed E-state index contributed by atoms with van der Waals surface area (Å²) in [6.07, 6.45) is 4.42. The molecule has 0 radical (unpaired) electrons. The lowest BCUT2D eigenvalue weighted by Crippen LogP contribution is -2.31. The fourth-order valence-corrected chi connectivity index (χ4v) is 2.18. The first-order chi connectivity index (χ1) is 11.0. The van der Waals surface area contributed by atoms with Crippen LogP contribution in [0.4, 0.5) is 5.69 Å². The van der Waals surface area contributed by atoms with E-state index in [0.717, 1.165) is 13.0 Å². The zero-order chi connectivity index (χ0) is 16.7. The van der Waals surface area contributed by atoms with Crippen LogP contribution in [-0.4, -0.2) is 41.7 Å². The molecule has 0 aliphatic carbocycles. The van der Waals surface area contributed by atoms with Crippen molar-refractivity contribution in [2.24, 2.45) is 0 Å². The number of carbonyl (C=O) groups excluding carboxylic acids is 2. The predicted octanol–water partition coefficient (Wildman–Crippen LogP) is 2.40. The van der Waals surface area contributed by atoms with Crippen LogP contribution in [0.15, 0.2) is 48.8 Å². The average Bonchev–Trinajstić information content (AvgIpc) is 2.54. The Kier molecular flexibility index (Phi) is 6.00. The van der Waals surface area contributed by atoms with E-state index in [1.165, 1.54) is 12.5 Å². The number of benzene rings is 1. The summed E-state index contributed by atoms with van der Waals surface area (Å²) in [7, 11) is 1.92. The summed E-state index contributed by atoms with van der Waals surface area (Å²) in [6, 6.07) is 10.9. The number of aromatic nitrogens is 1. The zero-order valence-electron chi connectivity index (χ0n) is 13.5. The van der Waals surface area contributed by atoms with Crippen LogP contribution in [0.3, 0.4) is 0 Å². The third-order valence-corrected chi connectivity index (χ3v) is 3.52. The van der Waals surface area contributed by atoms with E-state index in [1.807, 2.05) is 24.1 Å². The number of hydrogen-bond donors (Lipinski definition) is 1. The molecule has 1 aromatic heterocycles. The van der Waals surface area contributed by atoms with Gasteiger partial charge in [-0.2, -0.15) is 0 Å². The van der Waals surface area contributed by atoms with Crippen molar-refractivity contribution in [2.45, 2.75) is 13.3 Å². The van der Waals surface area contributed by atoms with Gasteiger partial charge in [-0.1, -0.05) is 0 Å². The van der Waals surface area contributed by atoms with Gasteiger partial charge in [0.15, 0.2) is 5.78 Å². The normalized spacial score (nSPS) is 10.6. The first kappa shape index (κ1) is 16.8. The standard InChI is InChI=1S/C18H21N3O2/c1-14(22)16-3-5-17(6-4-16)20-18(23)13-21(2)12-9-15-7-10-19-11-8-15/h3-8,10-11H,9,12-13H2,1-2H3,(H,20,23). The largest absolute Gasteiger partial charge is 0.325 e. The number of Topliss-reactive ketones (excluding diaryl/α,β-unsaturated/α-hetero) is 1. The number of ketones is 1. The van der Waals surface area contributed by atoms with E-state index >= 15 is 0 Å². The number of rotatable bonds is 7. The number of nitrogens with one attached hydrogen (secondary N) is 1. The molecule has 1 amide bonds. The van der Waals surface area contributed by atoms with Gasteiger partial charge in [-0.3, -0.25) is 19.5 Å². The van der Waals surface area contributed by atoms with Gasteiger partial charge < -0.3 is 5.32 Å². The fraction of sp³-hybridized carbons (Fsp3) is 0.278. The summed E-state index contributed by atoms with van der Waals surface area (Å²) in [5.74, 6) is -0.0588. The number of hydrogen-bond acceptors (Lipinski definition) is 4. The Hall–Kier alpha value is -2.53. The first-order valence-electron chi connectivity index (χ1n) is 7.53. The minimum atomic E-state index is -0.0715. The van der Waals surface area contributed by atoms with Crippen LogP contribution >= 0.6 is 0 Å². The van der Waals surface area contributed by atoms with Crippen LogP contribution < -0.4 is 5.32 Å². The molecule has 2 aromatic rings. The topological polar surface area (TPSA) is 62.3 Å². The molecule has 1 heterocycles. The molecule has 0 aliphatic heterocycles. The Balaban J connectivity index is 1.78. The summed E-state index contributed by atoms with van der Waals surface area (Å²) in [5, 5.41) is 2.84. The van der Waals surface area contributed by atoms with Crippen molar-refractivity contribution in [1.29, 1.82) is 0 Å². The molecule has 0 bridgehead atoms. The van der Waals surface area contributed by atoms with E-state index in [1.54, 1.807) is 36.7 Å². The summed E-state index contributed by atoms with van der Waals surface area (Å²) in [5.41, 5.74) is 2.53. The number of carbonyl (C=O) groups is 2. The highest BCUT2D eigenvalue weighted by molar-refractivity contribution is 5.96. The fourth-order valence-electron chi connectivity index (χ4n) is 2.18. The van der Waals surface area contributed by atoms with Crippen molar-refractivity contribution in [2.75, 3.05) is 25.5 Å². The Labute approximate surface area is 136 Å². The van der Waals surface area contributed by atoms with E-state index < -0.39 is 0 Å². The van der Waals surface area contributed by atoms with Crippen molar-refractivity contribution in [3.8, 4) is 0 Å². The van der Waals surface area contributed by atoms with Crippen molar-refractivity contribution < 1.29 is 9.59 Å². The van der Waals surface area contributed by atoms with Crippen LogP contribution in [0.2, 0.25) is 0 Å². The van der Waals surface area contributed by atoms with Crippen LogP contribution in [0.25, 0.3) is 0 Å². The van der Waals surface area contributed by atoms with Crippen LogP contribution in [0, 0.1) is 0 Å². The van der Waals surface area contributed by atoms with E-state index in [4.69, 9.17) is 0 Å². The van der Waals surface area contributed by atoms with Crippen molar-refractivity contribution >= 4 is 17.4 Å². The maximum Gasteiger partial charge on any atom is 0.238 e. The monoisotopic (exact) mass is 311 g/mol. The van der Waals surface area contributed by atoms with Gasteiger partial charge in [0, 0.05) is 30.2 Å². The van der Waals surface area contributed by atoms with E-state index in [2.05, 4.69) is 10.3 Å². The van der Waals surface area contributed by atoms with Crippen LogP contribution in [-0.2, 0) is 11.2 Å². The highest BCUT2D eigenvalue weighted by Gasteiger charge is 2.07. The molecule has 0 fully saturated rings. The SMILES string of the molecule is CC(=O)c1ccc(NC(=O)CN(C)CCc2ccncc2)cc1. The number of anilines is 1. The lowest BCUT2D eigenvalue weighted by atomic mass is 10.1. The third kappa shape index (κ3) is 5.64. The number of likely N-dealkylation sites (N-methyl/N-ethyl adjacent to an activating group) is 1. The van der Waals surface area contributed by atoms with Crippen molar-refractivity contribution in [1.82, 2.24) is 9.88 Å². The second kappa shape index (κ2) is 8.19. The zero-order valence-corrected chi connectivity index (χ0v) is 13.5. The quantitative estimate of drug-likeness (QED) is 0.798. The lowest BCUT2D eigenvalue weighted by molar-refractivity contribution is -0.117. The molecule has 23 heavy (non-hydrogen) atoms. The summed E-state index contributed by atoms with van der Waals surface area (Å²) >= 11 is 0. The predicted molar refractivity (Wildman–Crippen MR) is 90.5 cm³/mol. The highest BCUT2D eigenvalue weighted by Crippen LogP contribution is 2.10. The minimum absolute atomic E-state index is 0.0127. The molecule has 5 nitrogen and oxygen atoms in total. The minimum Gasteiger partial charge on any atom is -0.325 e. The molecule has 1 N–H and O–H groups in total. The maximum absolute atomic E-state index is 12.0. The molecule has 120 valence electrons. The van der Waals surface area contributed by atoms with E-state index in [0.29, 0.717) is 17.8 Å². The van der Waals surface area contributed by atoms with Crippen molar-refractivity contribution in [3.05, 3.63) is 59.9 Å². The Morgan fingerprint density at radius 2 is 1.74 bits per heavy atom. The maximum atomic E-state index is 12.0. The molecule has 0 atom stereocenters. The Morgan fingerprint density at radius 1 is 1.09 bits per heavy atom. The third-order valence-electron chi connectivity index (χ3n) is 3.52. The highest BCUT2D eigenvalue weighted by atomic mass is 16.2. The van der Waals surface area contributed by atoms with E-state index in [9.17, 15) is 9.59 Å². The molecule has 0 saturated carbocycles. The molecule has 1 aromatic carbocycles. The van der Waals surface area contributed by atoms with Gasteiger partial charge in [-0.05, 0) is 62.4 Å². The van der Waals surface area contributed by atoms with Crippen LogP contribution in [0.5, 0.6) is 0 Å². The van der Waals surface area contributed by atoms with E-state index in [-0.39, 0.29) is 11.7 Å². The molecule has 0 unspecified atom stereocenters. The average molecular weight is 311 g/mol. The smallest absolute Gasteiger partial charge is 0.238 e. The lowest BCUT2D eigenvalue weighted by Gasteiger charge is -2.16. The molecule has 0 aliphatic rings. The first-order valence-corrected chi connectivity index (χ1v) is 7.53. The second-order valence-electron chi connectivity index (χ2n) is 5.52. The summed E-state index contributed by atoms with van der Waals surface area (Å²) in [6.45, 7) is 2.63. The van der Waals surface area contributed by atoms with Crippen LogP contribution in [0.1, 0.15) is 22.8 Å². The molecule has 2 rings (SSSR count). The molecule has 0 saturated heterocycles. The molecule has 5 heteroatoms. The summed E-state index contributed by atoms with van der Waals surface area (Å²) < 4.78 is 0.